The largest absolute Gasteiger partial charge is 0.393 e. The van der Waals surface area contributed by atoms with Gasteiger partial charge in [-0.1, -0.05) is 5.11 Å². The van der Waals surface area contributed by atoms with Gasteiger partial charge in [0.05, 0.1) is 12.3 Å². The first kappa shape index (κ1) is 14.5. The Balaban J connectivity index is 2.08. The third kappa shape index (κ3) is 1.88. The van der Waals surface area contributed by atoms with Gasteiger partial charge >= 0.3 is 0 Å². The highest BCUT2D eigenvalue weighted by molar-refractivity contribution is 5.65. The summed E-state index contributed by atoms with van der Waals surface area (Å²) in [6, 6.07) is 3.08. The third-order valence-electron chi connectivity index (χ3n) is 3.63. The molecule has 3 rings (SSSR count). The van der Waals surface area contributed by atoms with E-state index in [0.717, 1.165) is 0 Å². The normalized spacial score (nSPS) is 31.3. The number of nitrogens with two attached hydrogens (primary N) is 1. The number of halogens is 1. The number of azide groups is 1. The van der Waals surface area contributed by atoms with E-state index in [-0.39, 0.29) is 11.5 Å². The van der Waals surface area contributed by atoms with Gasteiger partial charge in [0.1, 0.15) is 24.1 Å². The van der Waals surface area contributed by atoms with E-state index in [9.17, 15) is 14.6 Å². The van der Waals surface area contributed by atoms with Crippen LogP contribution in [0.2, 0.25) is 0 Å². The van der Waals surface area contributed by atoms with E-state index in [1.165, 1.54) is 16.9 Å². The summed E-state index contributed by atoms with van der Waals surface area (Å²) in [6.07, 6.45) is -3.84. The molecule has 1 fully saturated rings. The number of hydrogen-bond acceptors (Lipinski definition) is 7. The van der Waals surface area contributed by atoms with E-state index in [1.807, 2.05) is 0 Å². The summed E-state index contributed by atoms with van der Waals surface area (Å²) in [5.74, 6) is 0.193. The lowest BCUT2D eigenvalue weighted by molar-refractivity contribution is -0.108. The molecule has 0 aliphatic carbocycles. The molecule has 0 spiro atoms. The Kier molecular flexibility index (Phi) is 3.34. The maximum Gasteiger partial charge on any atom is 0.199 e. The zero-order valence-electron chi connectivity index (χ0n) is 11.1. The Morgan fingerprint density at radius 3 is 3.05 bits per heavy atom. The average molecular weight is 309 g/mol. The second-order valence-corrected chi connectivity index (χ2v) is 4.82. The Morgan fingerprint density at radius 2 is 2.36 bits per heavy atom. The minimum Gasteiger partial charge on any atom is -0.393 e. The Hall–Kier alpha value is -2.46. The van der Waals surface area contributed by atoms with Gasteiger partial charge in [0.25, 0.3) is 0 Å². The van der Waals surface area contributed by atoms with Gasteiger partial charge in [-0.2, -0.15) is 5.10 Å². The molecule has 10 nitrogen and oxygen atoms in total. The molecule has 4 atom stereocenters. The molecule has 0 amide bonds. The number of alkyl halides is 1. The summed E-state index contributed by atoms with van der Waals surface area (Å²) < 4.78 is 21.1. The zero-order valence-corrected chi connectivity index (χ0v) is 11.1. The molecule has 1 saturated heterocycles. The van der Waals surface area contributed by atoms with Crippen molar-refractivity contribution in [2.45, 2.75) is 24.1 Å². The van der Waals surface area contributed by atoms with Crippen LogP contribution in [0.3, 0.4) is 0 Å². The molecule has 0 radical (unpaired) electrons. The van der Waals surface area contributed by atoms with Crippen molar-refractivity contribution in [3.63, 3.8) is 0 Å². The number of nitrogens with zero attached hydrogens (tertiary/aromatic N) is 6. The Morgan fingerprint density at radius 1 is 1.59 bits per heavy atom. The monoisotopic (exact) mass is 309 g/mol. The van der Waals surface area contributed by atoms with Crippen LogP contribution in [0.15, 0.2) is 23.6 Å². The van der Waals surface area contributed by atoms with Crippen LogP contribution in [-0.4, -0.2) is 49.4 Å². The quantitative estimate of drug-likeness (QED) is 0.414. The molecule has 0 saturated carbocycles. The van der Waals surface area contributed by atoms with Gasteiger partial charge in [-0.25, -0.2) is 13.9 Å². The molecule has 116 valence electrons. The van der Waals surface area contributed by atoms with E-state index >= 15 is 0 Å². The fraction of sp³-hybridized carbons (Fsp3) is 0.455. The number of fused-ring (bicyclic) bond motifs is 1. The lowest BCUT2D eigenvalue weighted by atomic mass is 10.0. The van der Waals surface area contributed by atoms with Crippen molar-refractivity contribution in [1.29, 1.82) is 0 Å². The maximum absolute atomic E-state index is 14.4. The SMILES string of the molecule is [N-]=[N+]=NC1(CO)O[C@@H](c2ccc3c(N)ncnn23)[C@H](F)[C@@H]1O. The summed E-state index contributed by atoms with van der Waals surface area (Å²) in [5.41, 5.74) is 12.8. The van der Waals surface area contributed by atoms with Gasteiger partial charge in [-0.3, -0.25) is 0 Å². The first-order valence-corrected chi connectivity index (χ1v) is 6.29. The molecule has 0 bridgehead atoms. The first-order valence-electron chi connectivity index (χ1n) is 6.29. The van der Waals surface area contributed by atoms with Crippen molar-refractivity contribution in [2.24, 2.45) is 5.11 Å². The predicted octanol–water partition coefficient (Wildman–Crippen LogP) is 0.0807. The van der Waals surface area contributed by atoms with Gasteiger partial charge in [0.15, 0.2) is 17.7 Å². The van der Waals surface area contributed by atoms with Crippen LogP contribution in [0.4, 0.5) is 10.2 Å². The number of ether oxygens (including phenoxy) is 1. The van der Waals surface area contributed by atoms with Gasteiger partial charge < -0.3 is 20.7 Å². The minimum atomic E-state index is -2.08. The van der Waals surface area contributed by atoms with Crippen molar-refractivity contribution < 1.29 is 19.3 Å². The number of aliphatic hydroxyl groups excluding tert-OH is 2. The fourth-order valence-electron chi connectivity index (χ4n) is 2.50. The number of anilines is 1. The summed E-state index contributed by atoms with van der Waals surface area (Å²) in [5, 5.41) is 26.5. The number of rotatable bonds is 3. The molecule has 1 unspecified atom stereocenters. The second kappa shape index (κ2) is 5.07. The molecular formula is C11H12FN7O3. The van der Waals surface area contributed by atoms with E-state index in [4.69, 9.17) is 16.0 Å². The highest BCUT2D eigenvalue weighted by Crippen LogP contribution is 2.43. The average Bonchev–Trinajstić information content (AvgIpc) is 3.04. The summed E-state index contributed by atoms with van der Waals surface area (Å²) in [4.78, 5) is 6.31. The second-order valence-electron chi connectivity index (χ2n) is 4.82. The van der Waals surface area contributed by atoms with Gasteiger partial charge in [0, 0.05) is 4.91 Å². The van der Waals surface area contributed by atoms with Crippen molar-refractivity contribution >= 4 is 11.3 Å². The molecule has 2 aromatic rings. The van der Waals surface area contributed by atoms with Crippen LogP contribution in [0, 0.1) is 0 Å². The van der Waals surface area contributed by atoms with Crippen LogP contribution in [-0.2, 0) is 4.74 Å². The Bertz CT molecular complexity index is 761. The van der Waals surface area contributed by atoms with E-state index in [2.05, 4.69) is 20.1 Å². The molecule has 4 N–H and O–H groups in total. The minimum absolute atomic E-state index is 0.193. The molecule has 0 aromatic carbocycles. The topological polar surface area (TPSA) is 155 Å². The van der Waals surface area contributed by atoms with Crippen LogP contribution in [0.1, 0.15) is 11.8 Å². The van der Waals surface area contributed by atoms with Crippen LogP contribution >= 0.6 is 0 Å². The fourth-order valence-corrected chi connectivity index (χ4v) is 2.50. The van der Waals surface area contributed by atoms with Crippen molar-refractivity contribution in [3.8, 4) is 0 Å². The van der Waals surface area contributed by atoms with Gasteiger partial charge in [0.2, 0.25) is 0 Å². The third-order valence-corrected chi connectivity index (χ3v) is 3.63. The molecule has 11 heteroatoms. The lowest BCUT2D eigenvalue weighted by Crippen LogP contribution is -2.43. The van der Waals surface area contributed by atoms with E-state index in [0.29, 0.717) is 5.52 Å². The molecule has 2 aromatic heterocycles. The highest BCUT2D eigenvalue weighted by atomic mass is 19.1. The molecular weight excluding hydrogens is 297 g/mol. The molecule has 1 aliphatic heterocycles. The zero-order chi connectivity index (χ0) is 15.9. The molecule has 3 heterocycles. The van der Waals surface area contributed by atoms with Crippen LogP contribution < -0.4 is 5.73 Å². The number of aromatic nitrogens is 3. The maximum atomic E-state index is 14.4. The smallest absolute Gasteiger partial charge is 0.199 e. The highest BCUT2D eigenvalue weighted by Gasteiger charge is 2.56. The standard InChI is InChI=1S/C11H12FN7O3/c12-7-8(22-11(3-20,9(7)21)17-18-14)5-1-2-6-10(13)15-4-16-19(5)6/h1-2,4,7-9,20-21H,3H2,(H2,13,15,16)/t7-,8-,9-,11?/m0/s1. The van der Waals surface area contributed by atoms with E-state index in [1.54, 1.807) is 6.07 Å². The first-order chi connectivity index (χ1) is 10.5. The number of aliphatic hydroxyl groups is 2. The summed E-state index contributed by atoms with van der Waals surface area (Å²) >= 11 is 0. The van der Waals surface area contributed by atoms with Crippen molar-refractivity contribution in [3.05, 3.63) is 34.6 Å². The van der Waals surface area contributed by atoms with E-state index < -0.39 is 30.7 Å². The number of nitrogen functional groups attached to an aromatic ring is 1. The lowest BCUT2D eigenvalue weighted by Gasteiger charge is -2.23. The molecule has 22 heavy (non-hydrogen) atoms. The van der Waals surface area contributed by atoms with Crippen LogP contribution in [0.25, 0.3) is 16.0 Å². The van der Waals surface area contributed by atoms with Crippen molar-refractivity contribution in [1.82, 2.24) is 14.6 Å². The Labute approximate surface area is 122 Å². The summed E-state index contributed by atoms with van der Waals surface area (Å²) in [7, 11) is 0. The van der Waals surface area contributed by atoms with Gasteiger partial charge in [-0.15, -0.1) is 0 Å². The van der Waals surface area contributed by atoms with Crippen molar-refractivity contribution in [2.75, 3.05) is 12.3 Å². The number of hydrogen-bond donors (Lipinski definition) is 3. The summed E-state index contributed by atoms with van der Waals surface area (Å²) in [6.45, 7) is -0.865. The molecule has 1 aliphatic rings. The van der Waals surface area contributed by atoms with Crippen LogP contribution in [0.5, 0.6) is 0 Å². The predicted molar refractivity (Wildman–Crippen MR) is 71.1 cm³/mol. The van der Waals surface area contributed by atoms with Gasteiger partial charge in [-0.05, 0) is 17.7 Å².